The molecule has 0 aliphatic carbocycles. The highest BCUT2D eigenvalue weighted by atomic mass is 28.4. The van der Waals surface area contributed by atoms with E-state index in [1.165, 1.54) is 7.11 Å². The molecule has 0 radical (unpaired) electrons. The summed E-state index contributed by atoms with van der Waals surface area (Å²) in [6, 6.07) is 22.8. The number of hydrogen-bond donors (Lipinski definition) is 3. The van der Waals surface area contributed by atoms with Crippen LogP contribution in [-0.4, -0.2) is 77.6 Å². The Bertz CT molecular complexity index is 2200. The van der Waals surface area contributed by atoms with Crippen molar-refractivity contribution < 1.29 is 33.1 Å². The maximum absolute atomic E-state index is 16.6. The summed E-state index contributed by atoms with van der Waals surface area (Å²) in [7, 11) is -2.11. The Labute approximate surface area is 326 Å². The number of nitrogens with one attached hydrogen (secondary N) is 2. The number of anilines is 2. The lowest BCUT2D eigenvalue weighted by Crippen LogP contribution is -2.45. The number of rotatable bonds is 15. The predicted molar refractivity (Wildman–Crippen MR) is 213 cm³/mol. The van der Waals surface area contributed by atoms with Crippen molar-refractivity contribution in [3.05, 3.63) is 108 Å². The number of benzene rings is 3. The van der Waals surface area contributed by atoms with Crippen LogP contribution in [0.1, 0.15) is 60.9 Å². The molecule has 2 aliphatic heterocycles. The molecule has 294 valence electrons. The summed E-state index contributed by atoms with van der Waals surface area (Å²) < 4.78 is 30.0. The van der Waals surface area contributed by atoms with Gasteiger partial charge in [0.15, 0.2) is 5.60 Å². The Kier molecular flexibility index (Phi) is 11.2. The molecule has 3 aromatic carbocycles. The molecule has 2 amide bonds. The van der Waals surface area contributed by atoms with Crippen LogP contribution in [0.4, 0.5) is 15.5 Å². The summed E-state index contributed by atoms with van der Waals surface area (Å²) >= 11 is 0. The van der Waals surface area contributed by atoms with Crippen LogP contribution >= 0.6 is 0 Å². The van der Waals surface area contributed by atoms with Crippen molar-refractivity contribution in [3.63, 3.8) is 0 Å². The fourth-order valence-electron chi connectivity index (χ4n) is 8.81. The van der Waals surface area contributed by atoms with Gasteiger partial charge in [-0.1, -0.05) is 60.7 Å². The van der Waals surface area contributed by atoms with Gasteiger partial charge in [-0.3, -0.25) is 19.1 Å². The van der Waals surface area contributed by atoms with Crippen LogP contribution in [0.15, 0.2) is 85.2 Å². The predicted octanol–water partition coefficient (Wildman–Crippen LogP) is 6.62. The quantitative estimate of drug-likeness (QED) is 0.0464. The van der Waals surface area contributed by atoms with Gasteiger partial charge in [-0.15, -0.1) is 5.10 Å². The lowest BCUT2D eigenvalue weighted by molar-refractivity contribution is -0.146. The van der Waals surface area contributed by atoms with E-state index in [9.17, 15) is 19.5 Å². The van der Waals surface area contributed by atoms with Gasteiger partial charge in [0.1, 0.15) is 0 Å². The van der Waals surface area contributed by atoms with Crippen molar-refractivity contribution in [2.75, 3.05) is 30.5 Å². The highest BCUT2D eigenvalue weighted by Gasteiger charge is 2.66. The van der Waals surface area contributed by atoms with Crippen molar-refractivity contribution in [1.82, 2.24) is 20.0 Å². The van der Waals surface area contributed by atoms with Crippen molar-refractivity contribution in [3.8, 4) is 0 Å². The normalized spacial score (nSPS) is 21.1. The van der Waals surface area contributed by atoms with Crippen LogP contribution in [0, 0.1) is 5.92 Å². The third-order valence-corrected chi connectivity index (χ3v) is 13.9. The van der Waals surface area contributed by atoms with Crippen LogP contribution in [0.5, 0.6) is 0 Å². The number of fused-ring (bicyclic) bond motifs is 3. The third kappa shape index (κ3) is 7.52. The zero-order chi connectivity index (χ0) is 39.6. The van der Waals surface area contributed by atoms with E-state index in [0.29, 0.717) is 55.0 Å². The number of aryl methyl sites for hydroxylation is 1. The Balaban J connectivity index is 1.17. The molecule has 2 aliphatic rings. The molecule has 12 nitrogen and oxygen atoms in total. The van der Waals surface area contributed by atoms with Gasteiger partial charge >= 0.3 is 5.97 Å². The maximum Gasteiger partial charge on any atom is 0.305 e. The maximum atomic E-state index is 16.6. The molecular formula is C42H49FN6O6Si. The van der Waals surface area contributed by atoms with Crippen LogP contribution in [-0.2, 0) is 42.4 Å². The van der Waals surface area contributed by atoms with Crippen LogP contribution in [0.2, 0.25) is 18.6 Å². The van der Waals surface area contributed by atoms with E-state index in [4.69, 9.17) is 9.47 Å². The van der Waals surface area contributed by atoms with Gasteiger partial charge < -0.3 is 33.9 Å². The van der Waals surface area contributed by atoms with Gasteiger partial charge in [-0.2, -0.15) is 0 Å². The van der Waals surface area contributed by atoms with E-state index >= 15 is 4.11 Å². The van der Waals surface area contributed by atoms with E-state index in [1.54, 1.807) is 41.0 Å². The van der Waals surface area contributed by atoms with Crippen molar-refractivity contribution in [1.29, 1.82) is 0 Å². The number of amides is 2. The number of aromatic nitrogens is 4. The molecule has 5 aromatic rings. The molecule has 4 heterocycles. The van der Waals surface area contributed by atoms with Gasteiger partial charge in [-0.05, 0) is 67.7 Å². The molecule has 1 fully saturated rings. The first kappa shape index (κ1) is 39.1. The van der Waals surface area contributed by atoms with Gasteiger partial charge in [0.25, 0.3) is 5.91 Å². The van der Waals surface area contributed by atoms with Gasteiger partial charge in [0.05, 0.1) is 43.5 Å². The lowest BCUT2D eigenvalue weighted by Gasteiger charge is -2.31. The highest BCUT2D eigenvalue weighted by Crippen LogP contribution is 2.60. The molecule has 0 saturated carbocycles. The SMILES string of the molecule is COC(=O)CCCCN1C(=O)[C@]2(O[C@H](CCn3cc(C(CO)c4ccccc4)nn3)[C@@H]([Si](C)(C)F)[C@@H]2C)c2cc(NC(=O)Cc3c[nH]c4ccccc34)ccc21. The summed E-state index contributed by atoms with van der Waals surface area (Å²) in [5, 5.41) is 22.9. The molecule has 1 unspecified atom stereocenters. The summed E-state index contributed by atoms with van der Waals surface area (Å²) in [5.41, 5.74) is 3.05. The number of hydrogen-bond acceptors (Lipinski definition) is 8. The molecule has 3 N–H and O–H groups in total. The first-order valence-electron chi connectivity index (χ1n) is 19.2. The lowest BCUT2D eigenvalue weighted by atomic mass is 9.82. The number of ether oxygens (including phenoxy) is 2. The molecule has 1 spiro atoms. The van der Waals surface area contributed by atoms with Crippen molar-refractivity contribution in [2.45, 2.75) is 81.8 Å². The van der Waals surface area contributed by atoms with Crippen molar-refractivity contribution >= 4 is 48.5 Å². The van der Waals surface area contributed by atoms with Gasteiger partial charge in [-0.25, -0.2) is 0 Å². The number of methoxy groups -OCH3 is 1. The topological polar surface area (TPSA) is 152 Å². The smallest absolute Gasteiger partial charge is 0.305 e. The second-order valence-electron chi connectivity index (χ2n) is 15.4. The summed E-state index contributed by atoms with van der Waals surface area (Å²) in [6.07, 6.45) is 4.82. The number of carbonyl (C=O) groups is 3. The fourth-order valence-corrected chi connectivity index (χ4v) is 11.4. The van der Waals surface area contributed by atoms with E-state index in [0.717, 1.165) is 22.0 Å². The number of H-pyrrole nitrogens is 1. The molecule has 2 aromatic heterocycles. The highest BCUT2D eigenvalue weighted by molar-refractivity contribution is 6.72. The average molecular weight is 781 g/mol. The number of aliphatic hydroxyl groups is 1. The number of nitrogens with zero attached hydrogens (tertiary/aromatic N) is 4. The molecule has 7 rings (SSSR count). The zero-order valence-electron chi connectivity index (χ0n) is 32.2. The van der Waals surface area contributed by atoms with Crippen LogP contribution in [0.3, 0.4) is 0 Å². The number of halogens is 1. The second-order valence-corrected chi connectivity index (χ2v) is 19.2. The Morgan fingerprint density at radius 1 is 1.09 bits per heavy atom. The monoisotopic (exact) mass is 780 g/mol. The Morgan fingerprint density at radius 3 is 2.61 bits per heavy atom. The first-order valence-corrected chi connectivity index (χ1v) is 22.2. The minimum Gasteiger partial charge on any atom is -0.469 e. The first-order chi connectivity index (χ1) is 26.9. The minimum atomic E-state index is -3.46. The molecule has 5 atom stereocenters. The Morgan fingerprint density at radius 2 is 1.86 bits per heavy atom. The number of unbranched alkanes of at least 4 members (excludes halogenated alkanes) is 1. The average Bonchev–Trinajstić information content (AvgIpc) is 3.94. The van der Waals surface area contributed by atoms with E-state index in [2.05, 4.69) is 20.6 Å². The number of carbonyl (C=O) groups excluding carboxylic acids is 3. The molecule has 14 heteroatoms. The summed E-state index contributed by atoms with van der Waals surface area (Å²) in [4.78, 5) is 45.0. The molecule has 56 heavy (non-hydrogen) atoms. The number of para-hydroxylation sites is 1. The largest absolute Gasteiger partial charge is 0.469 e. The Hall–Kier alpha value is -5.18. The standard InChI is InChI=1S/C42H49FN6O6Si/c1-27-40(56(3,4)43)37(19-21-48-25-35(46-47-48)32(26-50)28-12-6-5-7-13-28)55-42(27)33-23-30(45-38(51)22-29-24-44-34-15-9-8-14-31(29)34)17-18-36(33)49(41(42)53)20-11-10-16-39(52)54-2/h5-9,12-15,17-18,23-25,27,32,37,40,44,50H,10-11,16,19-22,26H2,1-4H3,(H,45,51)/t27-,32?,37+,40-,42+/m0/s1. The second kappa shape index (κ2) is 16.1. The van der Waals surface area contributed by atoms with Crippen molar-refractivity contribution in [2.24, 2.45) is 5.92 Å². The van der Waals surface area contributed by atoms with Gasteiger partial charge in [0, 0.05) is 65.5 Å². The van der Waals surface area contributed by atoms with Crippen LogP contribution in [0.25, 0.3) is 10.9 Å². The minimum absolute atomic E-state index is 0.135. The van der Waals surface area contributed by atoms with E-state index < -0.39 is 31.6 Å². The number of aromatic amines is 1. The third-order valence-electron chi connectivity index (χ3n) is 11.5. The zero-order valence-corrected chi connectivity index (χ0v) is 33.2. The molecule has 0 bridgehead atoms. The van der Waals surface area contributed by atoms with E-state index in [-0.39, 0.29) is 43.2 Å². The molecule has 1 saturated heterocycles. The van der Waals surface area contributed by atoms with Crippen LogP contribution < -0.4 is 10.2 Å². The van der Waals surface area contributed by atoms with Gasteiger partial charge in [0.2, 0.25) is 14.3 Å². The van der Waals surface area contributed by atoms with E-state index in [1.807, 2.05) is 73.8 Å². The number of aliphatic hydroxyl groups excluding tert-OH is 1. The fraction of sp³-hybridized carbons (Fsp3) is 0.405. The number of esters is 1. The molecular weight excluding hydrogens is 732 g/mol. The summed E-state index contributed by atoms with van der Waals surface area (Å²) in [6.45, 7) is 5.78. The summed E-state index contributed by atoms with van der Waals surface area (Å²) in [5.74, 6) is -1.69.